The zero-order valence-electron chi connectivity index (χ0n) is 10.2. The normalized spacial score (nSPS) is 11.1. The molecule has 0 aliphatic carbocycles. The van der Waals surface area contributed by atoms with Crippen molar-refractivity contribution in [2.75, 3.05) is 4.72 Å². The molecule has 21 heavy (non-hydrogen) atoms. The Morgan fingerprint density at radius 3 is 2.67 bits per heavy atom. The number of carboxylic acids is 1. The molecule has 9 heteroatoms. The minimum Gasteiger partial charge on any atom is -0.478 e. The first-order chi connectivity index (χ1) is 9.81. The van der Waals surface area contributed by atoms with Crippen LogP contribution in [0.25, 0.3) is 0 Å². The number of nitrogens with zero attached hydrogens (tertiary/aromatic N) is 1. The predicted octanol–water partition coefficient (Wildman–Crippen LogP) is 2.95. The molecule has 6 nitrogen and oxygen atoms in total. The molecule has 0 aliphatic heterocycles. The first kappa shape index (κ1) is 16.2. The molecule has 0 bridgehead atoms. The van der Waals surface area contributed by atoms with Gasteiger partial charge in [-0.25, -0.2) is 18.2 Å². The van der Waals surface area contributed by atoms with E-state index in [1.807, 2.05) is 22.6 Å². The van der Waals surface area contributed by atoms with E-state index < -0.39 is 16.0 Å². The summed E-state index contributed by atoms with van der Waals surface area (Å²) in [7, 11) is -3.92. The van der Waals surface area contributed by atoms with Crippen LogP contribution in [0.3, 0.4) is 0 Å². The first-order valence-corrected chi connectivity index (χ1v) is 8.83. The fourth-order valence-corrected chi connectivity index (χ4v) is 3.59. The van der Waals surface area contributed by atoms with Gasteiger partial charge >= 0.3 is 5.97 Å². The summed E-state index contributed by atoms with van der Waals surface area (Å²) in [6.45, 7) is 0. The molecule has 0 saturated carbocycles. The summed E-state index contributed by atoms with van der Waals surface area (Å²) >= 11 is 5.02. The van der Waals surface area contributed by atoms with Gasteiger partial charge in [0.05, 0.1) is 14.9 Å². The summed E-state index contributed by atoms with van der Waals surface area (Å²) < 4.78 is 27.8. The Morgan fingerprint density at radius 2 is 2.05 bits per heavy atom. The van der Waals surface area contributed by atoms with Crippen LogP contribution >= 0.6 is 38.5 Å². The van der Waals surface area contributed by atoms with Gasteiger partial charge in [0.2, 0.25) is 0 Å². The molecule has 0 atom stereocenters. The topological polar surface area (TPSA) is 96.4 Å². The van der Waals surface area contributed by atoms with Crippen molar-refractivity contribution >= 4 is 60.3 Å². The molecule has 0 amide bonds. The van der Waals surface area contributed by atoms with Crippen LogP contribution in [0.15, 0.2) is 45.9 Å². The van der Waals surface area contributed by atoms with Crippen LogP contribution in [0.1, 0.15) is 10.4 Å². The van der Waals surface area contributed by atoms with E-state index in [4.69, 9.17) is 5.11 Å². The highest BCUT2D eigenvalue weighted by Gasteiger charge is 2.19. The standard InChI is InChI=1S/C12H8BrIN2O4S/c13-9-2-1-5-15-11(9)16-21(19,20)7-3-4-10(14)8(6-7)12(17)18/h1-6H,(H,15,16)(H,17,18). The second-order valence-electron chi connectivity index (χ2n) is 3.89. The molecule has 0 radical (unpaired) electrons. The number of sulfonamides is 1. The second kappa shape index (κ2) is 6.28. The van der Waals surface area contributed by atoms with Gasteiger partial charge in [-0.1, -0.05) is 0 Å². The molecule has 2 N–H and O–H groups in total. The lowest BCUT2D eigenvalue weighted by Crippen LogP contribution is -2.15. The van der Waals surface area contributed by atoms with Crippen molar-refractivity contribution in [3.63, 3.8) is 0 Å². The molecule has 1 heterocycles. The zero-order chi connectivity index (χ0) is 15.6. The minimum atomic E-state index is -3.92. The van der Waals surface area contributed by atoms with Gasteiger partial charge < -0.3 is 5.11 Å². The van der Waals surface area contributed by atoms with Crippen molar-refractivity contribution < 1.29 is 18.3 Å². The van der Waals surface area contributed by atoms with Gasteiger partial charge in [0.15, 0.2) is 5.82 Å². The smallest absolute Gasteiger partial charge is 0.336 e. The van der Waals surface area contributed by atoms with E-state index in [-0.39, 0.29) is 16.3 Å². The Bertz CT molecular complexity index is 811. The van der Waals surface area contributed by atoms with E-state index in [9.17, 15) is 13.2 Å². The summed E-state index contributed by atoms with van der Waals surface area (Å²) in [4.78, 5) is 14.8. The van der Waals surface area contributed by atoms with Crippen LogP contribution < -0.4 is 4.72 Å². The Hall–Kier alpha value is -1.20. The summed E-state index contributed by atoms with van der Waals surface area (Å²) in [5, 5.41) is 9.05. The van der Waals surface area contributed by atoms with Crippen molar-refractivity contribution in [1.82, 2.24) is 4.98 Å². The van der Waals surface area contributed by atoms with E-state index in [0.29, 0.717) is 8.04 Å². The number of benzene rings is 1. The minimum absolute atomic E-state index is 0.0708. The molecular weight excluding hydrogens is 475 g/mol. The number of carbonyl (C=O) groups is 1. The third-order valence-corrected chi connectivity index (χ3v) is 5.39. The summed E-state index contributed by atoms with van der Waals surface area (Å²) in [5.41, 5.74) is -0.0708. The van der Waals surface area contributed by atoms with E-state index in [2.05, 4.69) is 25.6 Å². The van der Waals surface area contributed by atoms with Gasteiger partial charge in [0, 0.05) is 9.77 Å². The molecule has 0 spiro atoms. The number of hydrogen-bond acceptors (Lipinski definition) is 4. The van der Waals surface area contributed by atoms with Crippen molar-refractivity contribution in [3.05, 3.63) is 50.1 Å². The van der Waals surface area contributed by atoms with Crippen LogP contribution in [-0.2, 0) is 10.0 Å². The molecule has 2 rings (SSSR count). The lowest BCUT2D eigenvalue weighted by molar-refractivity contribution is 0.0695. The van der Waals surface area contributed by atoms with Crippen LogP contribution in [0.2, 0.25) is 0 Å². The highest BCUT2D eigenvalue weighted by Crippen LogP contribution is 2.23. The number of hydrogen-bond donors (Lipinski definition) is 2. The molecule has 2 aromatic rings. The Kier molecular flexibility index (Phi) is 4.84. The van der Waals surface area contributed by atoms with Crippen molar-refractivity contribution in [3.8, 4) is 0 Å². The fourth-order valence-electron chi connectivity index (χ4n) is 1.48. The van der Waals surface area contributed by atoms with Crippen LogP contribution in [0, 0.1) is 3.57 Å². The molecule has 110 valence electrons. The molecule has 0 saturated heterocycles. The monoisotopic (exact) mass is 482 g/mol. The molecule has 0 unspecified atom stereocenters. The maximum absolute atomic E-state index is 12.3. The van der Waals surface area contributed by atoms with Crippen LogP contribution in [-0.4, -0.2) is 24.5 Å². The fraction of sp³-hybridized carbons (Fsp3) is 0. The Labute approximate surface area is 142 Å². The van der Waals surface area contributed by atoms with E-state index >= 15 is 0 Å². The maximum Gasteiger partial charge on any atom is 0.336 e. The van der Waals surface area contributed by atoms with Gasteiger partial charge in [-0.05, 0) is 68.9 Å². The van der Waals surface area contributed by atoms with Crippen molar-refractivity contribution in [2.24, 2.45) is 0 Å². The van der Waals surface area contributed by atoms with Crippen LogP contribution in [0.4, 0.5) is 5.82 Å². The third-order valence-electron chi connectivity index (χ3n) is 2.47. The average Bonchev–Trinajstić information content (AvgIpc) is 2.41. The van der Waals surface area contributed by atoms with Gasteiger partial charge in [0.1, 0.15) is 0 Å². The SMILES string of the molecule is O=C(O)c1cc(S(=O)(=O)Nc2ncccc2Br)ccc1I. The lowest BCUT2D eigenvalue weighted by Gasteiger charge is -2.09. The summed E-state index contributed by atoms with van der Waals surface area (Å²) in [5.74, 6) is -1.05. The van der Waals surface area contributed by atoms with E-state index in [1.54, 1.807) is 12.1 Å². The largest absolute Gasteiger partial charge is 0.478 e. The number of aromatic nitrogens is 1. The summed E-state index contributed by atoms with van der Waals surface area (Å²) in [6, 6.07) is 7.18. The number of aromatic carboxylic acids is 1. The number of rotatable bonds is 4. The number of halogens is 2. The zero-order valence-corrected chi connectivity index (χ0v) is 14.8. The number of carboxylic acid groups (broad SMARTS) is 1. The predicted molar refractivity (Wildman–Crippen MR) is 88.9 cm³/mol. The summed E-state index contributed by atoms with van der Waals surface area (Å²) in [6.07, 6.45) is 1.44. The molecule has 1 aromatic carbocycles. The van der Waals surface area contributed by atoms with Crippen LogP contribution in [0.5, 0.6) is 0 Å². The average molecular weight is 483 g/mol. The number of pyridine rings is 1. The highest BCUT2D eigenvalue weighted by atomic mass is 127. The van der Waals surface area contributed by atoms with E-state index in [0.717, 1.165) is 6.07 Å². The Balaban J connectivity index is 2.43. The van der Waals surface area contributed by atoms with Crippen molar-refractivity contribution in [1.29, 1.82) is 0 Å². The highest BCUT2D eigenvalue weighted by molar-refractivity contribution is 14.1. The Morgan fingerprint density at radius 1 is 1.33 bits per heavy atom. The molecule has 0 fully saturated rings. The van der Waals surface area contributed by atoms with Crippen molar-refractivity contribution in [2.45, 2.75) is 4.90 Å². The van der Waals surface area contributed by atoms with Gasteiger partial charge in [-0.2, -0.15) is 0 Å². The maximum atomic E-state index is 12.3. The first-order valence-electron chi connectivity index (χ1n) is 5.47. The lowest BCUT2D eigenvalue weighted by atomic mass is 10.2. The van der Waals surface area contributed by atoms with E-state index in [1.165, 1.54) is 18.3 Å². The molecular formula is C12H8BrIN2O4S. The van der Waals surface area contributed by atoms with Gasteiger partial charge in [-0.3, -0.25) is 4.72 Å². The second-order valence-corrected chi connectivity index (χ2v) is 7.59. The van der Waals surface area contributed by atoms with Gasteiger partial charge in [0.25, 0.3) is 10.0 Å². The van der Waals surface area contributed by atoms with Gasteiger partial charge in [-0.15, -0.1) is 0 Å². The third kappa shape index (κ3) is 3.71. The number of nitrogens with one attached hydrogen (secondary N) is 1. The quantitative estimate of drug-likeness (QED) is 0.653. The molecule has 0 aliphatic rings. The molecule has 1 aromatic heterocycles. The number of anilines is 1.